The summed E-state index contributed by atoms with van der Waals surface area (Å²) in [6, 6.07) is 5.26. The summed E-state index contributed by atoms with van der Waals surface area (Å²) in [6.07, 6.45) is 0. The summed E-state index contributed by atoms with van der Waals surface area (Å²) in [7, 11) is 3.38. The van der Waals surface area contributed by atoms with Gasteiger partial charge in [0.25, 0.3) is 0 Å². The van der Waals surface area contributed by atoms with Gasteiger partial charge in [0.05, 0.1) is 16.8 Å². The monoisotopic (exact) mass is 276 g/mol. The normalized spacial score (nSPS) is 10.4. The van der Waals surface area contributed by atoms with Gasteiger partial charge in [-0.1, -0.05) is 0 Å². The Morgan fingerprint density at radius 2 is 2.05 bits per heavy atom. The zero-order valence-corrected chi connectivity index (χ0v) is 11.3. The van der Waals surface area contributed by atoms with Crippen LogP contribution in [0.2, 0.25) is 0 Å². The van der Waals surface area contributed by atoms with Crippen LogP contribution in [0.25, 0.3) is 11.0 Å². The Labute approximate surface area is 113 Å². The number of amides is 1. The standard InChI is InChI=1S/C12H12N4O2S/c1-15-9-4-3-8(14-11(17)6-19-7-13)5-10(9)16(2)12(15)18/h3-5H,6H2,1-2H3,(H,14,17). The highest BCUT2D eigenvalue weighted by atomic mass is 32.2. The van der Waals surface area contributed by atoms with Crippen molar-refractivity contribution < 1.29 is 4.79 Å². The maximum absolute atomic E-state index is 11.8. The van der Waals surface area contributed by atoms with E-state index in [1.165, 1.54) is 4.57 Å². The summed E-state index contributed by atoms with van der Waals surface area (Å²) in [6.45, 7) is 0. The Bertz CT molecular complexity index is 738. The first-order valence-corrected chi connectivity index (χ1v) is 6.49. The Hall–Kier alpha value is -2.20. The zero-order valence-electron chi connectivity index (χ0n) is 10.5. The summed E-state index contributed by atoms with van der Waals surface area (Å²) < 4.78 is 3.07. The fraction of sp³-hybridized carbons (Fsp3) is 0.250. The van der Waals surface area contributed by atoms with Crippen LogP contribution in [0, 0.1) is 10.7 Å². The molecule has 0 aliphatic heterocycles. The van der Waals surface area contributed by atoms with Crippen LogP contribution in [0.3, 0.4) is 0 Å². The number of nitrogens with one attached hydrogen (secondary N) is 1. The van der Waals surface area contributed by atoms with Crippen molar-refractivity contribution in [3.63, 3.8) is 0 Å². The quantitative estimate of drug-likeness (QED) is 0.849. The summed E-state index contributed by atoms with van der Waals surface area (Å²) in [4.78, 5) is 23.3. The summed E-state index contributed by atoms with van der Waals surface area (Å²) in [5.74, 6) is -0.158. The first-order chi connectivity index (χ1) is 9.04. The SMILES string of the molecule is Cn1c(=O)n(C)c2cc(NC(=O)CSC#N)ccc21. The van der Waals surface area contributed by atoms with Crippen molar-refractivity contribution in [2.24, 2.45) is 14.1 Å². The molecule has 0 unspecified atom stereocenters. The predicted molar refractivity (Wildman–Crippen MR) is 74.9 cm³/mol. The maximum atomic E-state index is 11.8. The number of thioether (sulfide) groups is 1. The summed E-state index contributed by atoms with van der Waals surface area (Å²) in [5.41, 5.74) is 2.05. The van der Waals surface area contributed by atoms with Gasteiger partial charge in [0, 0.05) is 19.8 Å². The maximum Gasteiger partial charge on any atom is 0.328 e. The number of thiocyanates is 1. The molecule has 1 amide bonds. The van der Waals surface area contributed by atoms with Gasteiger partial charge in [-0.05, 0) is 30.0 Å². The van der Waals surface area contributed by atoms with E-state index < -0.39 is 0 Å². The van der Waals surface area contributed by atoms with Crippen LogP contribution >= 0.6 is 11.8 Å². The van der Waals surface area contributed by atoms with Crippen LogP contribution < -0.4 is 11.0 Å². The van der Waals surface area contributed by atoms with Gasteiger partial charge < -0.3 is 5.32 Å². The molecule has 0 spiro atoms. The fourth-order valence-electron chi connectivity index (χ4n) is 1.88. The summed E-state index contributed by atoms with van der Waals surface area (Å²) >= 11 is 0.883. The smallest absolute Gasteiger partial charge is 0.325 e. The van der Waals surface area contributed by atoms with Gasteiger partial charge in [0.2, 0.25) is 5.91 Å². The lowest BCUT2D eigenvalue weighted by atomic mass is 10.2. The summed E-state index contributed by atoms with van der Waals surface area (Å²) in [5, 5.41) is 12.9. The molecule has 1 aromatic carbocycles. The molecule has 6 nitrogen and oxygen atoms in total. The second-order valence-electron chi connectivity index (χ2n) is 4.03. The van der Waals surface area contributed by atoms with Crippen molar-refractivity contribution in [3.05, 3.63) is 28.7 Å². The number of anilines is 1. The molecule has 2 rings (SSSR count). The lowest BCUT2D eigenvalue weighted by Crippen LogP contribution is -2.19. The van der Waals surface area contributed by atoms with E-state index in [0.717, 1.165) is 22.8 Å². The highest BCUT2D eigenvalue weighted by molar-refractivity contribution is 8.04. The predicted octanol–water partition coefficient (Wildman–Crippen LogP) is 1.03. The molecule has 0 radical (unpaired) electrons. The van der Waals surface area contributed by atoms with Crippen molar-refractivity contribution in [2.45, 2.75) is 0 Å². The first-order valence-electron chi connectivity index (χ1n) is 5.51. The van der Waals surface area contributed by atoms with Crippen LogP contribution in [-0.4, -0.2) is 20.8 Å². The lowest BCUT2D eigenvalue weighted by molar-refractivity contribution is -0.113. The minimum Gasteiger partial charge on any atom is -0.325 e. The number of hydrogen-bond donors (Lipinski definition) is 1. The van der Waals surface area contributed by atoms with Crippen molar-refractivity contribution in [3.8, 4) is 5.40 Å². The third kappa shape index (κ3) is 2.48. The van der Waals surface area contributed by atoms with E-state index >= 15 is 0 Å². The molecule has 0 aliphatic carbocycles. The van der Waals surface area contributed by atoms with Crippen molar-refractivity contribution in [1.29, 1.82) is 5.26 Å². The van der Waals surface area contributed by atoms with Gasteiger partial charge in [-0.2, -0.15) is 5.26 Å². The van der Waals surface area contributed by atoms with Crippen LogP contribution in [-0.2, 0) is 18.9 Å². The van der Waals surface area contributed by atoms with E-state index in [4.69, 9.17) is 5.26 Å². The van der Waals surface area contributed by atoms with E-state index in [1.807, 2.05) is 5.40 Å². The number of nitrogens with zero attached hydrogens (tertiary/aromatic N) is 3. The van der Waals surface area contributed by atoms with Crippen LogP contribution in [0.15, 0.2) is 23.0 Å². The van der Waals surface area contributed by atoms with Crippen LogP contribution in [0.1, 0.15) is 0 Å². The van der Waals surface area contributed by atoms with E-state index in [-0.39, 0.29) is 17.3 Å². The molecule has 0 saturated carbocycles. The second-order valence-corrected chi connectivity index (χ2v) is 4.79. The minimum atomic E-state index is -0.244. The number of carbonyl (C=O) groups excluding carboxylic acids is 1. The molecular formula is C12H12N4O2S. The average Bonchev–Trinajstić information content (AvgIpc) is 2.61. The van der Waals surface area contributed by atoms with Gasteiger partial charge >= 0.3 is 5.69 Å². The van der Waals surface area contributed by atoms with Crippen molar-refractivity contribution in [2.75, 3.05) is 11.1 Å². The number of imidazole rings is 1. The van der Waals surface area contributed by atoms with Gasteiger partial charge in [0.15, 0.2) is 0 Å². The second kappa shape index (κ2) is 5.20. The Balaban J connectivity index is 2.32. The van der Waals surface area contributed by atoms with Crippen LogP contribution in [0.4, 0.5) is 5.69 Å². The molecule has 0 aliphatic rings. The fourth-order valence-corrected chi connectivity index (χ4v) is 2.15. The third-order valence-electron chi connectivity index (χ3n) is 2.82. The van der Waals surface area contributed by atoms with Gasteiger partial charge in [-0.3, -0.25) is 13.9 Å². The van der Waals surface area contributed by atoms with Gasteiger partial charge in [-0.25, -0.2) is 4.79 Å². The average molecular weight is 276 g/mol. The van der Waals surface area contributed by atoms with E-state index in [1.54, 1.807) is 36.9 Å². The molecule has 1 heterocycles. The van der Waals surface area contributed by atoms with E-state index in [2.05, 4.69) is 5.32 Å². The van der Waals surface area contributed by atoms with E-state index in [9.17, 15) is 9.59 Å². The molecular weight excluding hydrogens is 264 g/mol. The molecule has 0 atom stereocenters. The Kier molecular flexibility index (Phi) is 3.62. The topological polar surface area (TPSA) is 79.8 Å². The number of aromatic nitrogens is 2. The minimum absolute atomic E-state index is 0.0856. The third-order valence-corrected chi connectivity index (χ3v) is 3.36. The number of hydrogen-bond acceptors (Lipinski definition) is 4. The first kappa shape index (κ1) is 13.2. The molecule has 98 valence electrons. The molecule has 0 bridgehead atoms. The lowest BCUT2D eigenvalue weighted by Gasteiger charge is -2.04. The number of aryl methyl sites for hydroxylation is 2. The Morgan fingerprint density at radius 1 is 1.37 bits per heavy atom. The van der Waals surface area contributed by atoms with Gasteiger partial charge in [0.1, 0.15) is 5.40 Å². The number of fused-ring (bicyclic) bond motifs is 1. The Morgan fingerprint density at radius 3 is 2.74 bits per heavy atom. The molecule has 1 N–H and O–H groups in total. The zero-order chi connectivity index (χ0) is 14.0. The number of carbonyl (C=O) groups is 1. The van der Waals surface area contributed by atoms with Crippen molar-refractivity contribution in [1.82, 2.24) is 9.13 Å². The number of benzene rings is 1. The molecule has 1 aromatic heterocycles. The van der Waals surface area contributed by atoms with Crippen molar-refractivity contribution >= 4 is 34.4 Å². The van der Waals surface area contributed by atoms with E-state index in [0.29, 0.717) is 5.69 Å². The van der Waals surface area contributed by atoms with Gasteiger partial charge in [-0.15, -0.1) is 0 Å². The highest BCUT2D eigenvalue weighted by Gasteiger charge is 2.09. The molecule has 7 heteroatoms. The largest absolute Gasteiger partial charge is 0.328 e. The molecule has 19 heavy (non-hydrogen) atoms. The highest BCUT2D eigenvalue weighted by Crippen LogP contribution is 2.17. The molecule has 0 fully saturated rings. The van der Waals surface area contributed by atoms with Crippen LogP contribution in [0.5, 0.6) is 0 Å². The number of rotatable bonds is 3. The molecule has 0 saturated heterocycles. The molecule has 2 aromatic rings. The number of nitriles is 1.